The zero-order valence-electron chi connectivity index (χ0n) is 13.9. The van der Waals surface area contributed by atoms with Crippen molar-refractivity contribution in [1.29, 1.82) is 0 Å². The summed E-state index contributed by atoms with van der Waals surface area (Å²) in [6.07, 6.45) is 4.00. The summed E-state index contributed by atoms with van der Waals surface area (Å²) in [5.74, 6) is 0.725. The molecule has 3 aromatic rings. The first-order valence-corrected chi connectivity index (χ1v) is 8.69. The topological polar surface area (TPSA) is 74.0 Å². The number of benzene rings is 1. The van der Waals surface area contributed by atoms with Crippen LogP contribution in [-0.4, -0.2) is 40.7 Å². The van der Waals surface area contributed by atoms with Gasteiger partial charge in [0.05, 0.1) is 18.8 Å². The second-order valence-electron chi connectivity index (χ2n) is 5.42. The molecule has 3 rings (SSSR count). The maximum absolute atomic E-state index is 9.62. The summed E-state index contributed by atoms with van der Waals surface area (Å²) in [6, 6.07) is 9.99. The summed E-state index contributed by atoms with van der Waals surface area (Å²) in [6.45, 7) is 1.30. The lowest BCUT2D eigenvalue weighted by Crippen LogP contribution is -2.39. The molecule has 0 fully saturated rings. The van der Waals surface area contributed by atoms with Gasteiger partial charge in [-0.2, -0.15) is 0 Å². The molecule has 0 saturated heterocycles. The van der Waals surface area contributed by atoms with Gasteiger partial charge in [0.15, 0.2) is 10.9 Å². The molecule has 1 aromatic carbocycles. The van der Waals surface area contributed by atoms with E-state index in [-0.39, 0.29) is 36.5 Å². The largest absolute Gasteiger partial charge is 0.396 e. The average Bonchev–Trinajstić information content (AvgIpc) is 3.20. The molecular weight excluding hydrogens is 449 g/mol. The number of rotatable bonds is 6. The van der Waals surface area contributed by atoms with Crippen LogP contribution in [0.15, 0.2) is 53.1 Å². The highest BCUT2D eigenvalue weighted by molar-refractivity contribution is 14.0. The zero-order chi connectivity index (χ0) is 16.8. The third kappa shape index (κ3) is 5.16. The first-order valence-electron chi connectivity index (χ1n) is 7.81. The predicted octanol–water partition coefficient (Wildman–Crippen LogP) is 2.45. The van der Waals surface area contributed by atoms with Gasteiger partial charge in [-0.25, -0.2) is 4.98 Å². The van der Waals surface area contributed by atoms with Crippen molar-refractivity contribution < 1.29 is 5.11 Å². The summed E-state index contributed by atoms with van der Waals surface area (Å²) in [5.41, 5.74) is 2.07. The Hall–Kier alpha value is -1.65. The average molecular weight is 471 g/mol. The van der Waals surface area contributed by atoms with E-state index in [0.29, 0.717) is 19.0 Å². The fraction of sp³-hybridized carbons (Fsp3) is 0.294. The third-order valence-electron chi connectivity index (χ3n) is 3.81. The SMILES string of the molecule is CN=C(NCc1cn2ccsc2n1)NCC(CO)c1ccccc1.I. The van der Waals surface area contributed by atoms with Crippen molar-refractivity contribution in [1.82, 2.24) is 20.0 Å². The predicted molar refractivity (Wildman–Crippen MR) is 113 cm³/mol. The van der Waals surface area contributed by atoms with Crippen molar-refractivity contribution in [3.8, 4) is 0 Å². The summed E-state index contributed by atoms with van der Waals surface area (Å²) in [5, 5.41) is 18.1. The maximum atomic E-state index is 9.62. The molecule has 0 radical (unpaired) electrons. The molecule has 6 nitrogen and oxygen atoms in total. The Morgan fingerprint density at radius 3 is 2.80 bits per heavy atom. The number of imidazole rings is 1. The number of guanidine groups is 1. The molecule has 0 aliphatic heterocycles. The molecule has 2 heterocycles. The first-order chi connectivity index (χ1) is 11.8. The van der Waals surface area contributed by atoms with E-state index in [2.05, 4.69) is 20.6 Å². The van der Waals surface area contributed by atoms with Crippen LogP contribution in [0.4, 0.5) is 0 Å². The van der Waals surface area contributed by atoms with Gasteiger partial charge in [0.1, 0.15) is 0 Å². The molecule has 0 bridgehead atoms. The normalized spacial score (nSPS) is 12.6. The van der Waals surface area contributed by atoms with Crippen LogP contribution in [0.2, 0.25) is 0 Å². The number of hydrogen-bond acceptors (Lipinski definition) is 4. The van der Waals surface area contributed by atoms with Crippen LogP contribution in [0.1, 0.15) is 17.2 Å². The van der Waals surface area contributed by atoms with E-state index < -0.39 is 0 Å². The standard InChI is InChI=1S/C17H21N5OS.HI/c1-18-16(19-9-14(12-23)13-5-3-2-4-6-13)20-10-15-11-22-7-8-24-17(22)21-15;/h2-8,11,14,23H,9-10,12H2,1H3,(H2,18,19,20);1H. The maximum Gasteiger partial charge on any atom is 0.193 e. The van der Waals surface area contributed by atoms with Gasteiger partial charge in [0.25, 0.3) is 0 Å². The number of thiazole rings is 1. The zero-order valence-corrected chi connectivity index (χ0v) is 17.1. The van der Waals surface area contributed by atoms with Gasteiger partial charge in [-0.1, -0.05) is 30.3 Å². The molecule has 134 valence electrons. The van der Waals surface area contributed by atoms with Crippen LogP contribution in [0, 0.1) is 0 Å². The van der Waals surface area contributed by atoms with Crippen molar-refractivity contribution in [3.63, 3.8) is 0 Å². The number of nitrogens with one attached hydrogen (secondary N) is 2. The number of aliphatic hydroxyl groups excluding tert-OH is 1. The Labute approximate surface area is 168 Å². The van der Waals surface area contributed by atoms with Crippen molar-refractivity contribution >= 4 is 46.2 Å². The Morgan fingerprint density at radius 1 is 1.32 bits per heavy atom. The van der Waals surface area contributed by atoms with Gasteiger partial charge in [0, 0.05) is 37.3 Å². The highest BCUT2D eigenvalue weighted by atomic mass is 127. The van der Waals surface area contributed by atoms with Crippen molar-refractivity contribution in [3.05, 3.63) is 59.4 Å². The van der Waals surface area contributed by atoms with Gasteiger partial charge in [-0.15, -0.1) is 35.3 Å². The molecule has 8 heteroatoms. The molecule has 2 aromatic heterocycles. The summed E-state index contributed by atoms with van der Waals surface area (Å²) in [4.78, 5) is 9.74. The van der Waals surface area contributed by atoms with E-state index in [0.717, 1.165) is 16.2 Å². The quantitative estimate of drug-likeness (QED) is 0.294. The van der Waals surface area contributed by atoms with E-state index in [1.165, 1.54) is 0 Å². The molecule has 0 amide bonds. The highest BCUT2D eigenvalue weighted by Gasteiger charge is 2.11. The number of nitrogens with zero attached hydrogens (tertiary/aromatic N) is 3. The Bertz CT molecular complexity index is 773. The second-order valence-corrected chi connectivity index (χ2v) is 6.29. The Balaban J connectivity index is 0.00000225. The fourth-order valence-corrected chi connectivity index (χ4v) is 3.21. The lowest BCUT2D eigenvalue weighted by atomic mass is 10.0. The molecule has 1 unspecified atom stereocenters. The Kier molecular flexibility index (Phi) is 7.66. The van der Waals surface area contributed by atoms with Gasteiger partial charge in [-0.05, 0) is 5.56 Å². The van der Waals surface area contributed by atoms with Crippen molar-refractivity contribution in [2.24, 2.45) is 4.99 Å². The van der Waals surface area contributed by atoms with Gasteiger partial charge in [-0.3, -0.25) is 9.39 Å². The molecule has 0 aliphatic rings. The molecule has 0 aliphatic carbocycles. The van der Waals surface area contributed by atoms with Gasteiger partial charge in [0.2, 0.25) is 0 Å². The smallest absolute Gasteiger partial charge is 0.193 e. The fourth-order valence-electron chi connectivity index (χ4n) is 2.49. The Morgan fingerprint density at radius 2 is 2.12 bits per heavy atom. The first kappa shape index (κ1) is 19.7. The number of hydrogen-bond donors (Lipinski definition) is 3. The lowest BCUT2D eigenvalue weighted by Gasteiger charge is -2.17. The van der Waals surface area contributed by atoms with E-state index in [1.54, 1.807) is 18.4 Å². The van der Waals surface area contributed by atoms with Crippen LogP contribution >= 0.6 is 35.3 Å². The van der Waals surface area contributed by atoms with Crippen LogP contribution in [-0.2, 0) is 6.54 Å². The number of aliphatic hydroxyl groups is 1. The summed E-state index contributed by atoms with van der Waals surface area (Å²) in [7, 11) is 1.73. The monoisotopic (exact) mass is 471 g/mol. The molecule has 1 atom stereocenters. The van der Waals surface area contributed by atoms with E-state index >= 15 is 0 Å². The van der Waals surface area contributed by atoms with Crippen molar-refractivity contribution in [2.75, 3.05) is 20.2 Å². The number of aromatic nitrogens is 2. The van der Waals surface area contributed by atoms with Crippen LogP contribution in [0.3, 0.4) is 0 Å². The highest BCUT2D eigenvalue weighted by Crippen LogP contribution is 2.13. The minimum absolute atomic E-state index is 0. The molecule has 0 saturated carbocycles. The van der Waals surface area contributed by atoms with Crippen molar-refractivity contribution in [2.45, 2.75) is 12.5 Å². The number of halogens is 1. The third-order valence-corrected chi connectivity index (χ3v) is 4.58. The van der Waals surface area contributed by atoms with Gasteiger partial charge >= 0.3 is 0 Å². The molecule has 0 spiro atoms. The second kappa shape index (κ2) is 9.73. The summed E-state index contributed by atoms with van der Waals surface area (Å²) < 4.78 is 2.01. The molecular formula is C17H22IN5OS. The van der Waals surface area contributed by atoms with E-state index in [4.69, 9.17) is 0 Å². The van der Waals surface area contributed by atoms with E-state index in [1.807, 2.05) is 52.5 Å². The minimum Gasteiger partial charge on any atom is -0.396 e. The van der Waals surface area contributed by atoms with E-state index in [9.17, 15) is 5.11 Å². The van der Waals surface area contributed by atoms with Crippen LogP contribution in [0.5, 0.6) is 0 Å². The lowest BCUT2D eigenvalue weighted by molar-refractivity contribution is 0.265. The molecule has 3 N–H and O–H groups in total. The minimum atomic E-state index is 0. The van der Waals surface area contributed by atoms with Crippen LogP contribution < -0.4 is 10.6 Å². The summed E-state index contributed by atoms with van der Waals surface area (Å²) >= 11 is 1.61. The number of aliphatic imine (C=N–C) groups is 1. The number of fused-ring (bicyclic) bond motifs is 1. The molecule has 25 heavy (non-hydrogen) atoms. The van der Waals surface area contributed by atoms with Gasteiger partial charge < -0.3 is 15.7 Å². The van der Waals surface area contributed by atoms with Crippen LogP contribution in [0.25, 0.3) is 4.96 Å².